The van der Waals surface area contributed by atoms with Gasteiger partial charge >= 0.3 is 5.97 Å². The van der Waals surface area contributed by atoms with Gasteiger partial charge in [-0.2, -0.15) is 0 Å². The predicted octanol–water partition coefficient (Wildman–Crippen LogP) is 3.55. The lowest BCUT2D eigenvalue weighted by molar-refractivity contribution is -0.142. The maximum Gasteiger partial charge on any atom is 0.311 e. The zero-order valence-corrected chi connectivity index (χ0v) is 12.8. The summed E-state index contributed by atoms with van der Waals surface area (Å²) in [5.74, 6) is -0.545. The molecule has 21 heavy (non-hydrogen) atoms. The quantitative estimate of drug-likeness (QED) is 0.765. The Morgan fingerprint density at radius 3 is 2.67 bits per heavy atom. The maximum absolute atomic E-state index is 13.0. The summed E-state index contributed by atoms with van der Waals surface area (Å²) in [5.41, 5.74) is 1.56. The van der Waals surface area contributed by atoms with E-state index in [1.807, 2.05) is 17.2 Å². The van der Waals surface area contributed by atoms with E-state index in [1.54, 1.807) is 19.1 Å². The summed E-state index contributed by atoms with van der Waals surface area (Å²) in [4.78, 5) is 17.9. The minimum atomic E-state index is -0.279. The highest BCUT2D eigenvalue weighted by molar-refractivity contribution is 7.13. The van der Waals surface area contributed by atoms with Crippen molar-refractivity contribution in [2.24, 2.45) is 0 Å². The van der Waals surface area contributed by atoms with E-state index < -0.39 is 0 Å². The summed E-state index contributed by atoms with van der Waals surface area (Å²) in [5, 5.41) is 2.63. The van der Waals surface area contributed by atoms with Crippen LogP contribution in [0.4, 0.5) is 15.2 Å². The summed E-state index contributed by atoms with van der Waals surface area (Å²) in [7, 11) is 0. The zero-order chi connectivity index (χ0) is 15.2. The number of aromatic nitrogens is 1. The van der Waals surface area contributed by atoms with Gasteiger partial charge < -0.3 is 9.64 Å². The molecule has 0 saturated carbocycles. The molecule has 0 aliphatic rings. The van der Waals surface area contributed by atoms with Gasteiger partial charge in [-0.1, -0.05) is 0 Å². The maximum atomic E-state index is 13.0. The second kappa shape index (κ2) is 7.17. The van der Waals surface area contributed by atoms with E-state index >= 15 is 0 Å². The van der Waals surface area contributed by atoms with E-state index in [0.717, 1.165) is 10.8 Å². The Labute approximate surface area is 127 Å². The number of anilines is 2. The van der Waals surface area contributed by atoms with Crippen LogP contribution in [0.15, 0.2) is 29.6 Å². The molecule has 0 unspecified atom stereocenters. The number of carbonyl (C=O) groups is 1. The molecular formula is C15H17FN2O2S. The minimum Gasteiger partial charge on any atom is -0.466 e. The van der Waals surface area contributed by atoms with Crippen LogP contribution in [0.1, 0.15) is 19.5 Å². The molecule has 1 aromatic carbocycles. The number of carbonyl (C=O) groups excluding carboxylic acids is 1. The first kappa shape index (κ1) is 15.4. The smallest absolute Gasteiger partial charge is 0.311 e. The molecule has 0 atom stereocenters. The Bertz CT molecular complexity index is 598. The molecule has 0 amide bonds. The Hall–Kier alpha value is -1.95. The summed E-state index contributed by atoms with van der Waals surface area (Å²) >= 11 is 1.45. The number of nitrogens with zero attached hydrogens (tertiary/aromatic N) is 2. The lowest BCUT2D eigenvalue weighted by atomic mass is 10.3. The molecule has 0 saturated heterocycles. The standard InChI is InChI=1S/C15H17FN2O2S/c1-3-18(13-7-5-11(16)6-8-13)15-17-12(10-21-15)9-14(19)20-4-2/h5-8,10H,3-4,9H2,1-2H3. The van der Waals surface area contributed by atoms with E-state index in [1.165, 1.54) is 23.5 Å². The zero-order valence-electron chi connectivity index (χ0n) is 12.0. The highest BCUT2D eigenvalue weighted by atomic mass is 32.1. The van der Waals surface area contributed by atoms with Crippen molar-refractivity contribution >= 4 is 28.1 Å². The number of rotatable bonds is 6. The van der Waals surface area contributed by atoms with Gasteiger partial charge in [-0.15, -0.1) is 11.3 Å². The molecule has 0 aliphatic heterocycles. The third-order valence-electron chi connectivity index (χ3n) is 2.86. The van der Waals surface area contributed by atoms with Gasteiger partial charge in [0, 0.05) is 17.6 Å². The summed E-state index contributed by atoms with van der Waals surface area (Å²) in [6.45, 7) is 4.85. The largest absolute Gasteiger partial charge is 0.466 e. The molecule has 112 valence electrons. The summed E-state index contributed by atoms with van der Waals surface area (Å²) < 4.78 is 17.9. The fourth-order valence-corrected chi connectivity index (χ4v) is 2.82. The first-order valence-corrected chi connectivity index (χ1v) is 7.65. The van der Waals surface area contributed by atoms with Crippen molar-refractivity contribution in [1.29, 1.82) is 0 Å². The van der Waals surface area contributed by atoms with Crippen LogP contribution in [-0.2, 0) is 16.0 Å². The Balaban J connectivity index is 2.14. The Kier molecular flexibility index (Phi) is 5.27. The molecule has 0 radical (unpaired) electrons. The van der Waals surface area contributed by atoms with Crippen LogP contribution in [-0.4, -0.2) is 24.1 Å². The van der Waals surface area contributed by atoms with Crippen molar-refractivity contribution < 1.29 is 13.9 Å². The van der Waals surface area contributed by atoms with Gasteiger partial charge in [0.25, 0.3) is 0 Å². The fourth-order valence-electron chi connectivity index (χ4n) is 1.91. The average molecular weight is 308 g/mol. The third-order valence-corrected chi connectivity index (χ3v) is 3.77. The van der Waals surface area contributed by atoms with Crippen LogP contribution in [0.5, 0.6) is 0 Å². The monoisotopic (exact) mass is 308 g/mol. The highest BCUT2D eigenvalue weighted by Gasteiger charge is 2.14. The molecule has 0 spiro atoms. The summed E-state index contributed by atoms with van der Waals surface area (Å²) in [6.07, 6.45) is 0.172. The van der Waals surface area contributed by atoms with Crippen LogP contribution in [0.3, 0.4) is 0 Å². The molecular weight excluding hydrogens is 291 g/mol. The highest BCUT2D eigenvalue weighted by Crippen LogP contribution is 2.28. The van der Waals surface area contributed by atoms with E-state index in [4.69, 9.17) is 4.74 Å². The van der Waals surface area contributed by atoms with Crippen molar-refractivity contribution in [3.63, 3.8) is 0 Å². The molecule has 1 heterocycles. The van der Waals surface area contributed by atoms with Gasteiger partial charge in [-0.25, -0.2) is 9.37 Å². The minimum absolute atomic E-state index is 0.172. The van der Waals surface area contributed by atoms with Crippen LogP contribution >= 0.6 is 11.3 Å². The molecule has 4 nitrogen and oxygen atoms in total. The predicted molar refractivity (Wildman–Crippen MR) is 81.5 cm³/mol. The second-order valence-electron chi connectivity index (χ2n) is 4.32. The van der Waals surface area contributed by atoms with Crippen molar-refractivity contribution in [2.45, 2.75) is 20.3 Å². The van der Waals surface area contributed by atoms with Crippen molar-refractivity contribution in [1.82, 2.24) is 4.98 Å². The number of ether oxygens (including phenoxy) is 1. The van der Waals surface area contributed by atoms with Gasteiger partial charge in [0.1, 0.15) is 5.82 Å². The molecule has 0 N–H and O–H groups in total. The van der Waals surface area contributed by atoms with Gasteiger partial charge in [-0.3, -0.25) is 4.79 Å². The molecule has 0 fully saturated rings. The van der Waals surface area contributed by atoms with Crippen LogP contribution < -0.4 is 4.90 Å². The van der Waals surface area contributed by atoms with Crippen molar-refractivity contribution in [2.75, 3.05) is 18.1 Å². The molecule has 0 aliphatic carbocycles. The molecule has 6 heteroatoms. The molecule has 2 rings (SSSR count). The number of esters is 1. The lowest BCUT2D eigenvalue weighted by Gasteiger charge is -2.19. The number of thiazole rings is 1. The third kappa shape index (κ3) is 4.01. The lowest BCUT2D eigenvalue weighted by Crippen LogP contribution is -2.16. The van der Waals surface area contributed by atoms with E-state index in [9.17, 15) is 9.18 Å². The summed E-state index contributed by atoms with van der Waals surface area (Å²) in [6, 6.07) is 6.27. The second-order valence-corrected chi connectivity index (χ2v) is 5.16. The number of hydrogen-bond acceptors (Lipinski definition) is 5. The molecule has 1 aromatic heterocycles. The Morgan fingerprint density at radius 2 is 2.05 bits per heavy atom. The first-order valence-electron chi connectivity index (χ1n) is 6.77. The number of hydrogen-bond donors (Lipinski definition) is 0. The van der Waals surface area contributed by atoms with Gasteiger partial charge in [0.05, 0.1) is 18.7 Å². The Morgan fingerprint density at radius 1 is 1.33 bits per heavy atom. The molecule has 2 aromatic rings. The first-order chi connectivity index (χ1) is 10.1. The van der Waals surface area contributed by atoms with Gasteiger partial charge in [0.15, 0.2) is 5.13 Å². The number of benzene rings is 1. The molecule has 0 bridgehead atoms. The van der Waals surface area contributed by atoms with Crippen molar-refractivity contribution in [3.05, 3.63) is 41.2 Å². The average Bonchev–Trinajstić information content (AvgIpc) is 2.90. The topological polar surface area (TPSA) is 42.4 Å². The van der Waals surface area contributed by atoms with E-state index in [-0.39, 0.29) is 18.2 Å². The van der Waals surface area contributed by atoms with Crippen LogP contribution in [0, 0.1) is 5.82 Å². The SMILES string of the molecule is CCOC(=O)Cc1csc(N(CC)c2ccc(F)cc2)n1. The van der Waals surface area contributed by atoms with Crippen LogP contribution in [0.25, 0.3) is 0 Å². The van der Waals surface area contributed by atoms with E-state index in [2.05, 4.69) is 4.98 Å². The van der Waals surface area contributed by atoms with Crippen LogP contribution in [0.2, 0.25) is 0 Å². The fraction of sp³-hybridized carbons (Fsp3) is 0.333. The van der Waals surface area contributed by atoms with Gasteiger partial charge in [0.2, 0.25) is 0 Å². The van der Waals surface area contributed by atoms with Crippen molar-refractivity contribution in [3.8, 4) is 0 Å². The van der Waals surface area contributed by atoms with E-state index in [0.29, 0.717) is 18.8 Å². The van der Waals surface area contributed by atoms with Gasteiger partial charge in [-0.05, 0) is 38.1 Å². The normalized spacial score (nSPS) is 10.4. The number of halogens is 1.